The predicted molar refractivity (Wildman–Crippen MR) is 72.8 cm³/mol. The Kier molecular flexibility index (Phi) is 6.04. The maximum atomic E-state index is 12.2. The van der Waals surface area contributed by atoms with Crippen molar-refractivity contribution in [1.82, 2.24) is 4.72 Å². The van der Waals surface area contributed by atoms with Gasteiger partial charge in [-0.2, -0.15) is 0 Å². The van der Waals surface area contributed by atoms with E-state index in [1.807, 2.05) is 0 Å². The Balaban J connectivity index is 2.59. The fourth-order valence-corrected chi connectivity index (χ4v) is 3.77. The van der Waals surface area contributed by atoms with Crippen LogP contribution in [0.4, 0.5) is 0 Å². The van der Waals surface area contributed by atoms with E-state index in [0.717, 1.165) is 12.8 Å². The normalized spacial score (nSPS) is 19.1. The molecule has 0 radical (unpaired) electrons. The lowest BCUT2D eigenvalue weighted by molar-refractivity contribution is 0.0980. The average molecular weight is 278 g/mol. The van der Waals surface area contributed by atoms with Crippen molar-refractivity contribution in [2.24, 2.45) is 11.1 Å². The van der Waals surface area contributed by atoms with Gasteiger partial charge in [0.2, 0.25) is 10.0 Å². The zero-order valence-electron chi connectivity index (χ0n) is 11.4. The molecule has 1 aliphatic heterocycles. The fourth-order valence-electron chi connectivity index (χ4n) is 2.22. The molecule has 0 aromatic heterocycles. The van der Waals surface area contributed by atoms with Crippen molar-refractivity contribution in [3.63, 3.8) is 0 Å². The van der Waals surface area contributed by atoms with E-state index in [0.29, 0.717) is 39.1 Å². The Hall–Kier alpha value is -0.170. The summed E-state index contributed by atoms with van der Waals surface area (Å²) in [7, 11) is -3.23. The zero-order valence-corrected chi connectivity index (χ0v) is 12.3. The molecule has 1 fully saturated rings. The standard InChI is InChI=1S/C12H26N2O3S/c1-3-12(4-2,9-13)10-14-18(15,16)11-5-7-17-8-6-11/h11,14H,3-10,13H2,1-2H3. The first-order valence-corrected chi connectivity index (χ1v) is 8.30. The minimum atomic E-state index is -3.23. The molecule has 1 saturated heterocycles. The van der Waals surface area contributed by atoms with Gasteiger partial charge in [-0.1, -0.05) is 13.8 Å². The third-order valence-corrected chi connectivity index (χ3v) is 6.08. The maximum absolute atomic E-state index is 12.2. The second-order valence-corrected chi connectivity index (χ2v) is 7.13. The highest BCUT2D eigenvalue weighted by atomic mass is 32.2. The summed E-state index contributed by atoms with van der Waals surface area (Å²) in [6.45, 7) is 6.13. The van der Waals surface area contributed by atoms with Crippen molar-refractivity contribution in [3.8, 4) is 0 Å². The molecule has 0 saturated carbocycles. The van der Waals surface area contributed by atoms with E-state index in [2.05, 4.69) is 18.6 Å². The van der Waals surface area contributed by atoms with Gasteiger partial charge in [0.05, 0.1) is 5.25 Å². The van der Waals surface area contributed by atoms with Crippen molar-refractivity contribution >= 4 is 10.0 Å². The molecule has 6 heteroatoms. The first-order chi connectivity index (χ1) is 8.49. The van der Waals surface area contributed by atoms with Gasteiger partial charge in [0.1, 0.15) is 0 Å². The van der Waals surface area contributed by atoms with Crippen LogP contribution in [0.15, 0.2) is 0 Å². The molecule has 1 heterocycles. The highest BCUT2D eigenvalue weighted by molar-refractivity contribution is 7.90. The second kappa shape index (κ2) is 6.84. The third kappa shape index (κ3) is 3.91. The Morgan fingerprint density at radius 1 is 1.28 bits per heavy atom. The first kappa shape index (κ1) is 15.9. The molecule has 3 N–H and O–H groups in total. The summed E-state index contributed by atoms with van der Waals surface area (Å²) in [6, 6.07) is 0. The van der Waals surface area contributed by atoms with Crippen LogP contribution >= 0.6 is 0 Å². The Labute approximate surface area is 111 Å². The van der Waals surface area contributed by atoms with Gasteiger partial charge in [0, 0.05) is 19.8 Å². The van der Waals surface area contributed by atoms with Crippen LogP contribution in [-0.2, 0) is 14.8 Å². The number of nitrogens with one attached hydrogen (secondary N) is 1. The zero-order chi connectivity index (χ0) is 13.6. The van der Waals surface area contributed by atoms with Gasteiger partial charge in [-0.25, -0.2) is 13.1 Å². The van der Waals surface area contributed by atoms with Crippen molar-refractivity contribution in [2.75, 3.05) is 26.3 Å². The summed E-state index contributed by atoms with van der Waals surface area (Å²) in [6.07, 6.45) is 2.94. The first-order valence-electron chi connectivity index (χ1n) is 6.76. The summed E-state index contributed by atoms with van der Waals surface area (Å²) < 4.78 is 32.3. The van der Waals surface area contributed by atoms with Gasteiger partial charge >= 0.3 is 0 Å². The SMILES string of the molecule is CCC(CC)(CN)CNS(=O)(=O)C1CCOCC1. The van der Waals surface area contributed by atoms with Crippen LogP contribution in [0.25, 0.3) is 0 Å². The van der Waals surface area contributed by atoms with Crippen LogP contribution < -0.4 is 10.5 Å². The quantitative estimate of drug-likeness (QED) is 0.723. The van der Waals surface area contributed by atoms with Crippen molar-refractivity contribution in [1.29, 1.82) is 0 Å². The smallest absolute Gasteiger partial charge is 0.214 e. The average Bonchev–Trinajstić information content (AvgIpc) is 2.42. The summed E-state index contributed by atoms with van der Waals surface area (Å²) in [4.78, 5) is 0. The molecule has 0 bridgehead atoms. The molecule has 0 amide bonds. The van der Waals surface area contributed by atoms with E-state index in [1.54, 1.807) is 0 Å². The lowest BCUT2D eigenvalue weighted by Crippen LogP contribution is -2.45. The van der Waals surface area contributed by atoms with Crippen molar-refractivity contribution in [3.05, 3.63) is 0 Å². The topological polar surface area (TPSA) is 81.4 Å². The molecule has 0 atom stereocenters. The van der Waals surface area contributed by atoms with Gasteiger partial charge in [-0.3, -0.25) is 0 Å². The van der Waals surface area contributed by atoms with Gasteiger partial charge in [-0.15, -0.1) is 0 Å². The molecule has 18 heavy (non-hydrogen) atoms. The van der Waals surface area contributed by atoms with Gasteiger partial charge in [0.25, 0.3) is 0 Å². The Morgan fingerprint density at radius 3 is 2.28 bits per heavy atom. The molecule has 108 valence electrons. The number of rotatable bonds is 7. The molecule has 0 aromatic carbocycles. The summed E-state index contributed by atoms with van der Waals surface area (Å²) in [5, 5.41) is -0.310. The van der Waals surface area contributed by atoms with E-state index < -0.39 is 10.0 Å². The Bertz CT molecular complexity index is 325. The number of sulfonamides is 1. The van der Waals surface area contributed by atoms with E-state index in [-0.39, 0.29) is 10.7 Å². The highest BCUT2D eigenvalue weighted by Crippen LogP contribution is 2.24. The number of ether oxygens (including phenoxy) is 1. The van der Waals surface area contributed by atoms with Crippen LogP contribution in [0.1, 0.15) is 39.5 Å². The highest BCUT2D eigenvalue weighted by Gasteiger charge is 2.31. The van der Waals surface area contributed by atoms with Crippen LogP contribution in [0.2, 0.25) is 0 Å². The molecule has 5 nitrogen and oxygen atoms in total. The minimum absolute atomic E-state index is 0.113. The number of nitrogens with two attached hydrogens (primary N) is 1. The largest absolute Gasteiger partial charge is 0.381 e. The molecule has 1 aliphatic rings. The monoisotopic (exact) mass is 278 g/mol. The van der Waals surface area contributed by atoms with Gasteiger partial charge in [-0.05, 0) is 37.6 Å². The number of hydrogen-bond donors (Lipinski definition) is 2. The van der Waals surface area contributed by atoms with Gasteiger partial charge in [0.15, 0.2) is 0 Å². The van der Waals surface area contributed by atoms with Crippen molar-refractivity contribution < 1.29 is 13.2 Å². The fraction of sp³-hybridized carbons (Fsp3) is 1.00. The summed E-state index contributed by atoms with van der Waals surface area (Å²) >= 11 is 0. The summed E-state index contributed by atoms with van der Waals surface area (Å²) in [5.41, 5.74) is 5.67. The van der Waals surface area contributed by atoms with E-state index in [4.69, 9.17) is 10.5 Å². The molecule has 1 rings (SSSR count). The summed E-state index contributed by atoms with van der Waals surface area (Å²) in [5.74, 6) is 0. The van der Waals surface area contributed by atoms with E-state index >= 15 is 0 Å². The van der Waals surface area contributed by atoms with E-state index in [9.17, 15) is 8.42 Å². The predicted octanol–water partition coefficient (Wildman–Crippen LogP) is 0.850. The lowest BCUT2D eigenvalue weighted by Gasteiger charge is -2.31. The number of hydrogen-bond acceptors (Lipinski definition) is 4. The van der Waals surface area contributed by atoms with Crippen LogP contribution in [-0.4, -0.2) is 40.0 Å². The molecule has 0 aromatic rings. The molecular weight excluding hydrogens is 252 g/mol. The molecule has 0 spiro atoms. The van der Waals surface area contributed by atoms with Crippen LogP contribution in [0.3, 0.4) is 0 Å². The third-order valence-electron chi connectivity index (χ3n) is 4.19. The maximum Gasteiger partial charge on any atom is 0.214 e. The minimum Gasteiger partial charge on any atom is -0.381 e. The van der Waals surface area contributed by atoms with Crippen LogP contribution in [0, 0.1) is 5.41 Å². The molecular formula is C12H26N2O3S. The second-order valence-electron chi connectivity index (χ2n) is 5.09. The molecule has 0 unspecified atom stereocenters. The Morgan fingerprint density at radius 2 is 1.83 bits per heavy atom. The van der Waals surface area contributed by atoms with Crippen LogP contribution in [0.5, 0.6) is 0 Å². The van der Waals surface area contributed by atoms with E-state index in [1.165, 1.54) is 0 Å². The van der Waals surface area contributed by atoms with Gasteiger partial charge < -0.3 is 10.5 Å². The van der Waals surface area contributed by atoms with Crippen molar-refractivity contribution in [2.45, 2.75) is 44.8 Å². The molecule has 0 aliphatic carbocycles. The lowest BCUT2D eigenvalue weighted by atomic mass is 9.83.